The second-order valence-electron chi connectivity index (χ2n) is 13.5. The predicted octanol–water partition coefficient (Wildman–Crippen LogP) is 10.5. The average molecular weight is 652 g/mol. The number of benzene rings is 6. The minimum Gasteiger partial charge on any atom is -0.641 e. The zero-order valence-corrected chi connectivity index (χ0v) is 27.5. The van der Waals surface area contributed by atoms with E-state index in [4.69, 9.17) is 15.0 Å². The summed E-state index contributed by atoms with van der Waals surface area (Å²) in [5, 5.41) is 4.90. The largest absolute Gasteiger partial charge is 0.641 e. The Hall–Kier alpha value is -6.74. The molecule has 0 N–H and O–H groups in total. The van der Waals surface area contributed by atoms with Crippen LogP contribution in [0.25, 0.3) is 55.5 Å². The zero-order chi connectivity index (χ0) is 33.5. The molecular weight excluding hydrogens is 623 g/mol. The lowest BCUT2D eigenvalue weighted by atomic mass is 9.70. The molecule has 1 unspecified atom stereocenters. The fourth-order valence-electron chi connectivity index (χ4n) is 8.59. The zero-order valence-electron chi connectivity index (χ0n) is 27.5. The van der Waals surface area contributed by atoms with Crippen molar-refractivity contribution in [1.82, 2.24) is 9.65 Å². The van der Waals surface area contributed by atoms with E-state index >= 15 is 0 Å². The molecule has 6 aromatic carbocycles. The fraction of sp³-hybridized carbons (Fsp3) is 0.0426. The summed E-state index contributed by atoms with van der Waals surface area (Å²) in [7, 11) is 0. The lowest BCUT2D eigenvalue weighted by Gasteiger charge is -2.30. The number of fused-ring (bicyclic) bond motifs is 11. The van der Waals surface area contributed by atoms with Crippen LogP contribution >= 0.6 is 0 Å². The van der Waals surface area contributed by atoms with Crippen LogP contribution in [0.1, 0.15) is 39.6 Å². The highest BCUT2D eigenvalue weighted by Crippen LogP contribution is 2.63. The molecule has 4 nitrogen and oxygen atoms in total. The van der Waals surface area contributed by atoms with Crippen LogP contribution in [0.3, 0.4) is 0 Å². The maximum atomic E-state index is 6.40. The third-order valence-corrected chi connectivity index (χ3v) is 10.9. The van der Waals surface area contributed by atoms with Crippen LogP contribution in [0, 0.1) is 0 Å². The van der Waals surface area contributed by atoms with E-state index in [1.165, 1.54) is 44.5 Å². The van der Waals surface area contributed by atoms with Gasteiger partial charge in [-0.3, -0.25) is 0 Å². The van der Waals surface area contributed by atoms with E-state index in [1.54, 1.807) is 0 Å². The van der Waals surface area contributed by atoms with Gasteiger partial charge in [-0.25, -0.2) is 4.98 Å². The molecule has 238 valence electrons. The molecule has 11 rings (SSSR count). The predicted molar refractivity (Wildman–Crippen MR) is 206 cm³/mol. The molecule has 0 saturated heterocycles. The first-order valence-electron chi connectivity index (χ1n) is 17.4. The van der Waals surface area contributed by atoms with Gasteiger partial charge < -0.3 is 10.1 Å². The number of hydrogen-bond acceptors (Lipinski definition) is 2. The smallest absolute Gasteiger partial charge is 0.300 e. The SMILES string of the molecule is C1=[N+]=CC(c2ccc(-c3ccc(C4[N-]c5ccc(-c6ccc7c(c6)C6(c8ccccc8-c8ccccc86)c6ccccc6-7)nc5O4)cc3)cc2)=C1. The summed E-state index contributed by atoms with van der Waals surface area (Å²) in [5.74, 6) is 0.564. The Morgan fingerprint density at radius 1 is 0.549 bits per heavy atom. The van der Waals surface area contributed by atoms with E-state index in [0.717, 1.165) is 44.8 Å². The number of rotatable bonds is 4. The van der Waals surface area contributed by atoms with Gasteiger partial charge in [-0.2, -0.15) is 0 Å². The van der Waals surface area contributed by atoms with Crippen LogP contribution in [0.5, 0.6) is 5.88 Å². The molecule has 0 amide bonds. The van der Waals surface area contributed by atoms with Crippen LogP contribution in [0.15, 0.2) is 158 Å². The highest BCUT2D eigenvalue weighted by molar-refractivity contribution is 6.17. The summed E-state index contributed by atoms with van der Waals surface area (Å²) >= 11 is 0. The lowest BCUT2D eigenvalue weighted by molar-refractivity contribution is 0.260. The highest BCUT2D eigenvalue weighted by atomic mass is 16.5. The van der Waals surface area contributed by atoms with Crippen molar-refractivity contribution in [3.8, 4) is 50.5 Å². The third kappa shape index (κ3) is 4.03. The Kier molecular flexibility index (Phi) is 5.86. The third-order valence-electron chi connectivity index (χ3n) is 10.9. The summed E-state index contributed by atoms with van der Waals surface area (Å²) in [6.07, 6.45) is 5.30. The van der Waals surface area contributed by atoms with Crippen molar-refractivity contribution in [2.45, 2.75) is 11.6 Å². The van der Waals surface area contributed by atoms with Crippen LogP contribution in [0.4, 0.5) is 5.69 Å². The Balaban J connectivity index is 0.921. The molecule has 51 heavy (non-hydrogen) atoms. The number of allylic oxidation sites excluding steroid dienone is 2. The van der Waals surface area contributed by atoms with E-state index in [-0.39, 0.29) is 0 Å². The molecule has 0 bridgehead atoms. The molecule has 7 aromatic rings. The topological polar surface area (TPSA) is 50.3 Å². The van der Waals surface area contributed by atoms with Crippen molar-refractivity contribution in [2.75, 3.05) is 0 Å². The fourth-order valence-corrected chi connectivity index (χ4v) is 8.59. The van der Waals surface area contributed by atoms with Crippen molar-refractivity contribution in [1.29, 1.82) is 0 Å². The Bertz CT molecular complexity index is 2620. The molecule has 2 aliphatic carbocycles. The number of hydrogen-bond donors (Lipinski definition) is 0. The summed E-state index contributed by atoms with van der Waals surface area (Å²) in [5.41, 5.74) is 18.4. The second kappa shape index (κ2) is 10.6. The monoisotopic (exact) mass is 651 g/mol. The van der Waals surface area contributed by atoms with E-state index < -0.39 is 11.6 Å². The van der Waals surface area contributed by atoms with Gasteiger partial charge >= 0.3 is 0 Å². The minimum absolute atomic E-state index is 0.391. The van der Waals surface area contributed by atoms with Crippen molar-refractivity contribution in [3.63, 3.8) is 0 Å². The van der Waals surface area contributed by atoms with Crippen LogP contribution in [0.2, 0.25) is 0 Å². The summed E-state index contributed by atoms with van der Waals surface area (Å²) < 4.78 is 10.6. The maximum Gasteiger partial charge on any atom is 0.300 e. The summed E-state index contributed by atoms with van der Waals surface area (Å²) in [6, 6.07) is 54.7. The molecule has 0 radical (unpaired) electrons. The molecule has 3 heterocycles. The Morgan fingerprint density at radius 3 is 1.75 bits per heavy atom. The van der Waals surface area contributed by atoms with E-state index in [0.29, 0.717) is 5.88 Å². The molecule has 1 atom stereocenters. The van der Waals surface area contributed by atoms with Gasteiger partial charge in [-0.1, -0.05) is 145 Å². The number of ether oxygens (including phenoxy) is 1. The standard InChI is InChI=1S/C47H29N3O/c1-4-10-39-35(7-1)36-8-2-5-11-40(36)47(39)41-12-6-3-9-37(41)38-22-21-33(27-42(38)47)43-23-24-44-46(49-43)51-45(50-44)32-19-17-30(18-20-32)29-13-15-31(16-14-29)34-25-26-48-28-34/h1-28,45H. The van der Waals surface area contributed by atoms with Crippen molar-refractivity contribution < 1.29 is 4.74 Å². The molecule has 4 heteroatoms. The van der Waals surface area contributed by atoms with E-state index in [2.05, 4.69) is 150 Å². The average Bonchev–Trinajstić information content (AvgIpc) is 4.00. The van der Waals surface area contributed by atoms with E-state index in [1.807, 2.05) is 24.6 Å². The Morgan fingerprint density at radius 2 is 1.12 bits per heavy atom. The Labute approximate surface area is 295 Å². The number of nitrogens with zero attached hydrogens (tertiary/aromatic N) is 3. The molecule has 1 spiro atoms. The van der Waals surface area contributed by atoms with E-state index in [9.17, 15) is 0 Å². The molecule has 0 saturated carbocycles. The highest BCUT2D eigenvalue weighted by Gasteiger charge is 2.51. The second-order valence-corrected chi connectivity index (χ2v) is 13.5. The van der Waals surface area contributed by atoms with Gasteiger partial charge in [0.2, 0.25) is 0 Å². The number of pyridine rings is 1. The summed E-state index contributed by atoms with van der Waals surface area (Å²) in [4.78, 5) is 5.05. The maximum absolute atomic E-state index is 6.40. The molecule has 0 fully saturated rings. The molecular formula is C47H29N3O. The quantitative estimate of drug-likeness (QED) is 0.178. The van der Waals surface area contributed by atoms with Gasteiger partial charge in [0.1, 0.15) is 0 Å². The molecule has 2 aliphatic heterocycles. The lowest BCUT2D eigenvalue weighted by Crippen LogP contribution is -2.25. The van der Waals surface area contributed by atoms with Crippen LogP contribution < -0.4 is 9.40 Å². The van der Waals surface area contributed by atoms with Crippen molar-refractivity contribution in [2.24, 2.45) is 0 Å². The van der Waals surface area contributed by atoms with Gasteiger partial charge in [0.05, 0.1) is 22.9 Å². The van der Waals surface area contributed by atoms with Gasteiger partial charge in [-0.05, 0) is 78.9 Å². The van der Waals surface area contributed by atoms with Crippen LogP contribution in [-0.4, -0.2) is 17.4 Å². The van der Waals surface area contributed by atoms with Crippen molar-refractivity contribution in [3.05, 3.63) is 196 Å². The molecule has 4 aliphatic rings. The first kappa shape index (κ1) is 28.1. The minimum atomic E-state index is -0.437. The number of aromatic nitrogens is 1. The van der Waals surface area contributed by atoms with Crippen molar-refractivity contribution >= 4 is 23.7 Å². The molecule has 1 aromatic heterocycles. The summed E-state index contributed by atoms with van der Waals surface area (Å²) in [6.45, 7) is 0. The van der Waals surface area contributed by atoms with Gasteiger partial charge in [-0.15, -0.1) is 4.67 Å². The first-order chi connectivity index (χ1) is 25.3. The first-order valence-corrected chi connectivity index (χ1v) is 17.4. The van der Waals surface area contributed by atoms with Gasteiger partial charge in [0, 0.05) is 11.6 Å². The normalized spacial score (nSPS) is 16.2. The van der Waals surface area contributed by atoms with Crippen LogP contribution in [-0.2, 0) is 5.41 Å². The van der Waals surface area contributed by atoms with Gasteiger partial charge in [0.15, 0.2) is 5.88 Å². The van der Waals surface area contributed by atoms with Gasteiger partial charge in [0.25, 0.3) is 12.4 Å².